The molecule has 0 amide bonds. The third kappa shape index (κ3) is 4.94. The summed E-state index contributed by atoms with van der Waals surface area (Å²) in [4.78, 5) is 0. The molecule has 1 atom stereocenters. The molecule has 0 spiro atoms. The van der Waals surface area contributed by atoms with E-state index in [1.54, 1.807) is 14.2 Å². The first kappa shape index (κ1) is 15.4. The number of nitrogens with one attached hydrogen (secondary N) is 1. The molecule has 1 N–H and O–H groups in total. The van der Waals surface area contributed by atoms with Crippen LogP contribution in [0.3, 0.4) is 0 Å². The maximum atomic E-state index is 5.91. The number of methoxy groups -OCH3 is 2. The Bertz CT molecular complexity index is 325. The Morgan fingerprint density at radius 1 is 1.17 bits per heavy atom. The minimum absolute atomic E-state index is 0.211. The van der Waals surface area contributed by atoms with Crippen molar-refractivity contribution in [3.05, 3.63) is 34.9 Å². The van der Waals surface area contributed by atoms with Gasteiger partial charge in [0.25, 0.3) is 0 Å². The second kappa shape index (κ2) is 8.48. The van der Waals surface area contributed by atoms with Crippen LogP contribution in [-0.4, -0.2) is 27.1 Å². The summed E-state index contributed by atoms with van der Waals surface area (Å²) in [5, 5.41) is 4.23. The van der Waals surface area contributed by atoms with E-state index in [0.29, 0.717) is 12.6 Å². The lowest BCUT2D eigenvalue weighted by molar-refractivity contribution is -0.1000. The Balaban J connectivity index is 2.61. The number of ether oxygens (including phenoxy) is 2. The van der Waals surface area contributed by atoms with Crippen LogP contribution in [0.4, 0.5) is 0 Å². The number of hydrogen-bond acceptors (Lipinski definition) is 3. The first-order chi connectivity index (χ1) is 8.71. The molecule has 0 aliphatic carbocycles. The Labute approximate surface area is 114 Å². The maximum absolute atomic E-state index is 5.91. The molecule has 0 aliphatic rings. The summed E-state index contributed by atoms with van der Waals surface area (Å²) in [7, 11) is 3.29. The molecule has 102 valence electrons. The van der Waals surface area contributed by atoms with E-state index >= 15 is 0 Å². The van der Waals surface area contributed by atoms with Gasteiger partial charge in [-0.3, -0.25) is 0 Å². The topological polar surface area (TPSA) is 30.5 Å². The SMILES string of the molecule is CCCC(NCC(OC)OC)c1ccc(Cl)cc1. The van der Waals surface area contributed by atoms with Crippen molar-refractivity contribution in [3.8, 4) is 0 Å². The smallest absolute Gasteiger partial charge is 0.169 e. The van der Waals surface area contributed by atoms with E-state index in [1.165, 1.54) is 5.56 Å². The molecule has 1 unspecified atom stereocenters. The normalized spacial score (nSPS) is 12.9. The van der Waals surface area contributed by atoms with E-state index < -0.39 is 0 Å². The molecule has 0 radical (unpaired) electrons. The van der Waals surface area contributed by atoms with Crippen molar-refractivity contribution in [1.82, 2.24) is 5.32 Å². The van der Waals surface area contributed by atoms with Crippen molar-refractivity contribution in [1.29, 1.82) is 0 Å². The van der Waals surface area contributed by atoms with Crippen LogP contribution >= 0.6 is 11.6 Å². The summed E-state index contributed by atoms with van der Waals surface area (Å²) < 4.78 is 10.4. The lowest BCUT2D eigenvalue weighted by Gasteiger charge is -2.22. The van der Waals surface area contributed by atoms with Gasteiger partial charge in [0.15, 0.2) is 6.29 Å². The van der Waals surface area contributed by atoms with Gasteiger partial charge in [-0.05, 0) is 24.1 Å². The standard InChI is InChI=1S/C14H22ClNO2/c1-4-5-13(16-10-14(17-2)18-3)11-6-8-12(15)9-7-11/h6-9,13-14,16H,4-5,10H2,1-3H3. The van der Waals surface area contributed by atoms with Gasteiger partial charge in [0, 0.05) is 31.8 Å². The van der Waals surface area contributed by atoms with Gasteiger partial charge < -0.3 is 14.8 Å². The molecule has 18 heavy (non-hydrogen) atoms. The zero-order valence-electron chi connectivity index (χ0n) is 11.3. The Morgan fingerprint density at radius 2 is 1.78 bits per heavy atom. The number of halogens is 1. The van der Waals surface area contributed by atoms with Gasteiger partial charge in [0.2, 0.25) is 0 Å². The highest BCUT2D eigenvalue weighted by molar-refractivity contribution is 6.30. The summed E-state index contributed by atoms with van der Waals surface area (Å²) in [6.45, 7) is 2.84. The van der Waals surface area contributed by atoms with Gasteiger partial charge in [-0.15, -0.1) is 0 Å². The maximum Gasteiger partial charge on any atom is 0.169 e. The van der Waals surface area contributed by atoms with Crippen molar-refractivity contribution < 1.29 is 9.47 Å². The molecule has 0 saturated carbocycles. The van der Waals surface area contributed by atoms with E-state index in [-0.39, 0.29) is 6.29 Å². The molecule has 0 aliphatic heterocycles. The minimum Gasteiger partial charge on any atom is -0.355 e. The van der Waals surface area contributed by atoms with Crippen molar-refractivity contribution in [3.63, 3.8) is 0 Å². The first-order valence-corrected chi connectivity index (χ1v) is 6.63. The van der Waals surface area contributed by atoms with Gasteiger partial charge in [-0.1, -0.05) is 37.1 Å². The average Bonchev–Trinajstić information content (AvgIpc) is 2.39. The highest BCUT2D eigenvalue weighted by Crippen LogP contribution is 2.20. The largest absolute Gasteiger partial charge is 0.355 e. The van der Waals surface area contributed by atoms with E-state index in [4.69, 9.17) is 21.1 Å². The van der Waals surface area contributed by atoms with Crippen LogP contribution in [-0.2, 0) is 9.47 Å². The van der Waals surface area contributed by atoms with E-state index in [1.807, 2.05) is 12.1 Å². The zero-order valence-corrected chi connectivity index (χ0v) is 12.0. The molecule has 1 rings (SSSR count). The predicted molar refractivity (Wildman–Crippen MR) is 74.9 cm³/mol. The monoisotopic (exact) mass is 271 g/mol. The van der Waals surface area contributed by atoms with Crippen molar-refractivity contribution in [2.75, 3.05) is 20.8 Å². The van der Waals surface area contributed by atoms with Crippen LogP contribution in [0.1, 0.15) is 31.4 Å². The fraction of sp³-hybridized carbons (Fsp3) is 0.571. The molecule has 1 aromatic rings. The molecular weight excluding hydrogens is 250 g/mol. The van der Waals surface area contributed by atoms with Gasteiger partial charge in [-0.25, -0.2) is 0 Å². The molecule has 4 heteroatoms. The van der Waals surface area contributed by atoms with Gasteiger partial charge >= 0.3 is 0 Å². The van der Waals surface area contributed by atoms with Crippen LogP contribution in [0.25, 0.3) is 0 Å². The summed E-state index contributed by atoms with van der Waals surface area (Å²) in [5.74, 6) is 0. The van der Waals surface area contributed by atoms with Crippen LogP contribution in [0.15, 0.2) is 24.3 Å². The molecule has 0 bridgehead atoms. The predicted octanol–water partition coefficient (Wildman–Crippen LogP) is 3.39. The minimum atomic E-state index is -0.211. The van der Waals surface area contributed by atoms with E-state index in [2.05, 4.69) is 24.4 Å². The van der Waals surface area contributed by atoms with Gasteiger partial charge in [-0.2, -0.15) is 0 Å². The fourth-order valence-corrected chi connectivity index (χ4v) is 2.00. The van der Waals surface area contributed by atoms with Crippen LogP contribution in [0.5, 0.6) is 0 Å². The van der Waals surface area contributed by atoms with Crippen LogP contribution in [0, 0.1) is 0 Å². The molecule has 0 saturated heterocycles. The molecule has 3 nitrogen and oxygen atoms in total. The van der Waals surface area contributed by atoms with E-state index in [9.17, 15) is 0 Å². The Morgan fingerprint density at radius 3 is 2.28 bits per heavy atom. The van der Waals surface area contributed by atoms with Crippen LogP contribution in [0.2, 0.25) is 5.02 Å². The second-order valence-electron chi connectivity index (χ2n) is 4.20. The molecule has 0 heterocycles. The first-order valence-electron chi connectivity index (χ1n) is 6.25. The van der Waals surface area contributed by atoms with Crippen molar-refractivity contribution >= 4 is 11.6 Å². The molecule has 0 fully saturated rings. The van der Waals surface area contributed by atoms with Crippen LogP contribution < -0.4 is 5.32 Å². The van der Waals surface area contributed by atoms with Gasteiger partial charge in [0.1, 0.15) is 0 Å². The number of benzene rings is 1. The van der Waals surface area contributed by atoms with E-state index in [0.717, 1.165) is 17.9 Å². The second-order valence-corrected chi connectivity index (χ2v) is 4.64. The molecular formula is C14H22ClNO2. The highest BCUT2D eigenvalue weighted by atomic mass is 35.5. The summed E-state index contributed by atoms with van der Waals surface area (Å²) >= 11 is 5.91. The number of rotatable bonds is 8. The average molecular weight is 272 g/mol. The lowest BCUT2D eigenvalue weighted by atomic mass is 10.0. The Kier molecular flexibility index (Phi) is 7.28. The van der Waals surface area contributed by atoms with Crippen molar-refractivity contribution in [2.24, 2.45) is 0 Å². The molecule has 0 aromatic heterocycles. The Hall–Kier alpha value is -0.610. The fourth-order valence-electron chi connectivity index (χ4n) is 1.87. The number of hydrogen-bond donors (Lipinski definition) is 1. The summed E-state index contributed by atoms with van der Waals surface area (Å²) in [6, 6.07) is 8.27. The third-order valence-electron chi connectivity index (χ3n) is 2.91. The molecule has 1 aromatic carbocycles. The summed E-state index contributed by atoms with van der Waals surface area (Å²) in [5.41, 5.74) is 1.24. The lowest BCUT2D eigenvalue weighted by Crippen LogP contribution is -2.32. The van der Waals surface area contributed by atoms with Gasteiger partial charge in [0.05, 0.1) is 0 Å². The third-order valence-corrected chi connectivity index (χ3v) is 3.16. The quantitative estimate of drug-likeness (QED) is 0.735. The highest BCUT2D eigenvalue weighted by Gasteiger charge is 2.13. The summed E-state index contributed by atoms with van der Waals surface area (Å²) in [6.07, 6.45) is 1.98. The van der Waals surface area contributed by atoms with Crippen molar-refractivity contribution in [2.45, 2.75) is 32.1 Å². The zero-order chi connectivity index (χ0) is 13.4.